The van der Waals surface area contributed by atoms with Crippen molar-refractivity contribution in [3.8, 4) is 0 Å². The van der Waals surface area contributed by atoms with Gasteiger partial charge in [0.25, 0.3) is 0 Å². The van der Waals surface area contributed by atoms with E-state index >= 15 is 0 Å². The third kappa shape index (κ3) is 8.58. The second-order valence-corrected chi connectivity index (χ2v) is 10.6. The topological polar surface area (TPSA) is 49.4 Å². The Bertz CT molecular complexity index is 1130. The fourth-order valence-electron chi connectivity index (χ4n) is 3.73. The summed E-state index contributed by atoms with van der Waals surface area (Å²) in [6.45, 7) is 4.31. The molecule has 0 spiro atoms. The van der Waals surface area contributed by atoms with Crippen LogP contribution in [-0.2, 0) is 28.3 Å². The first-order chi connectivity index (χ1) is 17.4. The fourth-order valence-corrected chi connectivity index (χ4v) is 5.05. The van der Waals surface area contributed by atoms with E-state index in [2.05, 4.69) is 5.32 Å². The van der Waals surface area contributed by atoms with Crippen molar-refractivity contribution in [1.82, 2.24) is 10.2 Å². The first-order valence-corrected chi connectivity index (χ1v) is 14.0. The van der Waals surface area contributed by atoms with E-state index in [4.69, 9.17) is 23.2 Å². The van der Waals surface area contributed by atoms with Gasteiger partial charge in [-0.05, 0) is 48.2 Å². The number of nitrogens with zero attached hydrogens (tertiary/aromatic N) is 1. The van der Waals surface area contributed by atoms with Gasteiger partial charge in [0.05, 0.1) is 5.75 Å². The third-order valence-electron chi connectivity index (χ3n) is 5.98. The molecular formula is C29H32Cl2N2O2S. The molecule has 0 fully saturated rings. The zero-order valence-electron chi connectivity index (χ0n) is 20.6. The largest absolute Gasteiger partial charge is 0.352 e. The highest BCUT2D eigenvalue weighted by Crippen LogP contribution is 2.23. The Morgan fingerprint density at radius 2 is 1.58 bits per heavy atom. The predicted molar refractivity (Wildman–Crippen MR) is 151 cm³/mol. The van der Waals surface area contributed by atoms with E-state index < -0.39 is 6.04 Å². The smallest absolute Gasteiger partial charge is 0.243 e. The van der Waals surface area contributed by atoms with Crippen molar-refractivity contribution in [2.75, 3.05) is 5.75 Å². The molecule has 190 valence electrons. The molecule has 0 bridgehead atoms. The van der Waals surface area contributed by atoms with Gasteiger partial charge in [0.15, 0.2) is 0 Å². The molecule has 0 heterocycles. The van der Waals surface area contributed by atoms with Gasteiger partial charge in [-0.3, -0.25) is 9.59 Å². The van der Waals surface area contributed by atoms with Crippen LogP contribution in [0.25, 0.3) is 0 Å². The first-order valence-electron chi connectivity index (χ1n) is 12.1. The van der Waals surface area contributed by atoms with Crippen LogP contribution >= 0.6 is 35.0 Å². The molecule has 0 aliphatic heterocycles. The standard InChI is InChI=1S/C29H32Cl2N2O2S/c1-3-21(2)32-29(35)27(17-22-9-5-4-6-10-22)33(18-23-13-15-25(30)16-14-23)28(34)20-36-19-24-11-7-8-12-26(24)31/h4-16,21,27H,3,17-20H2,1-2H3,(H,32,35)/t21-,27-/m1/s1. The van der Waals surface area contributed by atoms with E-state index in [1.807, 2.05) is 80.6 Å². The predicted octanol–water partition coefficient (Wildman–Crippen LogP) is 6.78. The normalized spacial score (nSPS) is 12.6. The number of halogens is 2. The zero-order valence-corrected chi connectivity index (χ0v) is 23.0. The minimum absolute atomic E-state index is 0.0119. The van der Waals surface area contributed by atoms with E-state index in [0.29, 0.717) is 28.8 Å². The lowest BCUT2D eigenvalue weighted by Gasteiger charge is -2.32. The summed E-state index contributed by atoms with van der Waals surface area (Å²) in [5.74, 6) is 0.609. The van der Waals surface area contributed by atoms with Crippen LogP contribution < -0.4 is 5.32 Å². The van der Waals surface area contributed by atoms with Gasteiger partial charge in [-0.2, -0.15) is 0 Å². The molecule has 3 aromatic rings. The molecular weight excluding hydrogens is 511 g/mol. The van der Waals surface area contributed by atoms with Gasteiger partial charge in [-0.1, -0.05) is 90.8 Å². The Morgan fingerprint density at radius 3 is 2.25 bits per heavy atom. The number of carbonyl (C=O) groups excluding carboxylic acids is 2. The van der Waals surface area contributed by atoms with Crippen molar-refractivity contribution in [1.29, 1.82) is 0 Å². The summed E-state index contributed by atoms with van der Waals surface area (Å²) in [6.07, 6.45) is 1.24. The highest BCUT2D eigenvalue weighted by atomic mass is 35.5. The van der Waals surface area contributed by atoms with Gasteiger partial charge in [0.2, 0.25) is 11.8 Å². The second-order valence-electron chi connectivity index (χ2n) is 8.76. The molecule has 36 heavy (non-hydrogen) atoms. The highest BCUT2D eigenvalue weighted by Gasteiger charge is 2.30. The Labute approximate surface area is 228 Å². The lowest BCUT2D eigenvalue weighted by molar-refractivity contribution is -0.139. The monoisotopic (exact) mass is 542 g/mol. The molecule has 0 radical (unpaired) electrons. The quantitative estimate of drug-likeness (QED) is 0.274. The molecule has 0 aliphatic carbocycles. The summed E-state index contributed by atoms with van der Waals surface area (Å²) < 4.78 is 0. The molecule has 0 saturated heterocycles. The fraction of sp³-hybridized carbons (Fsp3) is 0.310. The lowest BCUT2D eigenvalue weighted by Crippen LogP contribution is -2.52. The Morgan fingerprint density at radius 1 is 0.917 bits per heavy atom. The summed E-state index contributed by atoms with van der Waals surface area (Å²) in [6, 6.07) is 24.2. The van der Waals surface area contributed by atoms with Crippen molar-refractivity contribution in [3.63, 3.8) is 0 Å². The van der Waals surface area contributed by atoms with Crippen molar-refractivity contribution in [2.24, 2.45) is 0 Å². The molecule has 3 aromatic carbocycles. The van der Waals surface area contributed by atoms with E-state index in [9.17, 15) is 9.59 Å². The summed E-state index contributed by atoms with van der Waals surface area (Å²) in [5.41, 5.74) is 2.90. The van der Waals surface area contributed by atoms with Crippen molar-refractivity contribution < 1.29 is 9.59 Å². The van der Waals surface area contributed by atoms with Crippen molar-refractivity contribution >= 4 is 46.8 Å². The third-order valence-corrected chi connectivity index (χ3v) is 7.57. The summed E-state index contributed by atoms with van der Waals surface area (Å²) in [4.78, 5) is 28.8. The molecule has 0 saturated carbocycles. The maximum atomic E-state index is 13.6. The SMILES string of the molecule is CC[C@@H](C)NC(=O)[C@@H](Cc1ccccc1)N(Cc1ccc(Cl)cc1)C(=O)CSCc1ccccc1Cl. The van der Waals surface area contributed by atoms with E-state index in [-0.39, 0.29) is 23.6 Å². The van der Waals surface area contributed by atoms with E-state index in [1.165, 1.54) is 11.8 Å². The second kappa shape index (κ2) is 14.3. The molecule has 7 heteroatoms. The van der Waals surface area contributed by atoms with Gasteiger partial charge in [-0.15, -0.1) is 11.8 Å². The molecule has 2 atom stereocenters. The maximum Gasteiger partial charge on any atom is 0.243 e. The number of nitrogens with one attached hydrogen (secondary N) is 1. The highest BCUT2D eigenvalue weighted by molar-refractivity contribution is 7.99. The Kier molecular flexibility index (Phi) is 11.2. The molecule has 2 amide bonds. The van der Waals surface area contributed by atoms with Crippen LogP contribution in [0, 0.1) is 0 Å². The zero-order chi connectivity index (χ0) is 25.9. The summed E-state index contributed by atoms with van der Waals surface area (Å²) in [7, 11) is 0. The van der Waals surface area contributed by atoms with Gasteiger partial charge < -0.3 is 10.2 Å². The molecule has 4 nitrogen and oxygen atoms in total. The number of thioether (sulfide) groups is 1. The van der Waals surface area contributed by atoms with Crippen LogP contribution in [0.5, 0.6) is 0 Å². The number of hydrogen-bond donors (Lipinski definition) is 1. The van der Waals surface area contributed by atoms with Gasteiger partial charge in [0, 0.05) is 34.8 Å². The number of benzene rings is 3. The number of rotatable bonds is 12. The van der Waals surface area contributed by atoms with Crippen LogP contribution in [0.3, 0.4) is 0 Å². The minimum atomic E-state index is -0.648. The molecule has 0 aliphatic rings. The van der Waals surface area contributed by atoms with Crippen LogP contribution in [-0.4, -0.2) is 34.6 Å². The Balaban J connectivity index is 1.85. The van der Waals surface area contributed by atoms with Crippen LogP contribution in [0.4, 0.5) is 0 Å². The average Bonchev–Trinajstić information content (AvgIpc) is 2.88. The molecule has 0 aromatic heterocycles. The number of hydrogen-bond acceptors (Lipinski definition) is 3. The first kappa shape index (κ1) is 28.1. The number of amides is 2. The molecule has 3 rings (SSSR count). The van der Waals surface area contributed by atoms with E-state index in [1.54, 1.807) is 17.0 Å². The summed E-state index contributed by atoms with van der Waals surface area (Å²) in [5, 5.41) is 4.40. The average molecular weight is 544 g/mol. The van der Waals surface area contributed by atoms with Crippen LogP contribution in [0.1, 0.15) is 37.0 Å². The molecule has 1 N–H and O–H groups in total. The van der Waals surface area contributed by atoms with Gasteiger partial charge >= 0.3 is 0 Å². The van der Waals surface area contributed by atoms with Crippen LogP contribution in [0.15, 0.2) is 78.9 Å². The lowest BCUT2D eigenvalue weighted by atomic mass is 10.0. The maximum absolute atomic E-state index is 13.6. The van der Waals surface area contributed by atoms with Crippen molar-refractivity contribution in [3.05, 3.63) is 106 Å². The summed E-state index contributed by atoms with van der Waals surface area (Å²) >= 11 is 13.9. The Hall–Kier alpha value is -2.47. The van der Waals surface area contributed by atoms with E-state index in [0.717, 1.165) is 23.1 Å². The van der Waals surface area contributed by atoms with Gasteiger partial charge in [0.1, 0.15) is 6.04 Å². The van der Waals surface area contributed by atoms with Crippen LogP contribution in [0.2, 0.25) is 10.0 Å². The molecule has 0 unspecified atom stereocenters. The van der Waals surface area contributed by atoms with Gasteiger partial charge in [-0.25, -0.2) is 0 Å². The van der Waals surface area contributed by atoms with Crippen molar-refractivity contribution in [2.45, 2.75) is 51.1 Å². The minimum Gasteiger partial charge on any atom is -0.352 e. The number of carbonyl (C=O) groups is 2.